The summed E-state index contributed by atoms with van der Waals surface area (Å²) in [6, 6.07) is 0. The third kappa shape index (κ3) is 22.8. The highest BCUT2D eigenvalue weighted by molar-refractivity contribution is 6.17. The van der Waals surface area contributed by atoms with Crippen LogP contribution in [-0.2, 0) is 14.3 Å². The molecule has 1 aliphatic rings. The Kier molecular flexibility index (Phi) is 16.5. The first-order valence-electron chi connectivity index (χ1n) is 6.55. The van der Waals surface area contributed by atoms with Gasteiger partial charge in [0.15, 0.2) is 0 Å². The molecule has 0 aromatic heterocycles. The van der Waals surface area contributed by atoms with Crippen molar-refractivity contribution in [2.45, 2.75) is 58.5 Å². The molecule has 1 heterocycles. The van der Waals surface area contributed by atoms with Crippen molar-refractivity contribution in [2.75, 3.05) is 12.5 Å². The third-order valence-electron chi connectivity index (χ3n) is 2.20. The number of unbranched alkanes of at least 4 members (excludes halogenated alkanes) is 2. The summed E-state index contributed by atoms with van der Waals surface area (Å²) in [5, 5.41) is 15.4. The summed E-state index contributed by atoms with van der Waals surface area (Å²) < 4.78 is 5.15. The summed E-state index contributed by atoms with van der Waals surface area (Å²) in [5.41, 5.74) is 0. The van der Waals surface area contributed by atoms with Gasteiger partial charge in [-0.05, 0) is 26.2 Å². The van der Waals surface area contributed by atoms with E-state index in [2.05, 4.69) is 13.8 Å². The van der Waals surface area contributed by atoms with Gasteiger partial charge in [-0.15, -0.1) is 11.6 Å². The van der Waals surface area contributed by atoms with Crippen LogP contribution in [0.2, 0.25) is 0 Å². The molecule has 19 heavy (non-hydrogen) atoms. The number of ether oxygens (including phenoxy) is 1. The van der Waals surface area contributed by atoms with Gasteiger partial charge < -0.3 is 14.9 Å². The molecule has 1 aliphatic heterocycles. The summed E-state index contributed by atoms with van der Waals surface area (Å²) in [6.45, 7) is 5.28. The summed E-state index contributed by atoms with van der Waals surface area (Å²) in [4.78, 5) is 18.9. The fraction of sp³-hybridized carbons (Fsp3) is 0.846. The predicted molar refractivity (Wildman–Crippen MR) is 74.8 cm³/mol. The van der Waals surface area contributed by atoms with E-state index in [9.17, 15) is 9.59 Å². The molecule has 0 aromatic carbocycles. The fourth-order valence-electron chi connectivity index (χ4n) is 1.21. The quantitative estimate of drug-likeness (QED) is 0.462. The van der Waals surface area contributed by atoms with E-state index < -0.39 is 18.4 Å². The molecule has 1 fully saturated rings. The van der Waals surface area contributed by atoms with Crippen LogP contribution < -0.4 is 0 Å². The number of carboxylic acids is 2. The zero-order valence-electron chi connectivity index (χ0n) is 11.7. The topological polar surface area (TPSA) is 83.8 Å². The van der Waals surface area contributed by atoms with Crippen molar-refractivity contribution in [3.63, 3.8) is 0 Å². The van der Waals surface area contributed by atoms with Crippen molar-refractivity contribution >= 4 is 23.5 Å². The number of rotatable bonds is 5. The average Bonchev–Trinajstić information content (AvgIpc) is 2.77. The maximum atomic E-state index is 9.43. The fourth-order valence-corrected chi connectivity index (χ4v) is 1.40. The van der Waals surface area contributed by atoms with Crippen LogP contribution in [0.4, 0.5) is 0 Å². The van der Waals surface area contributed by atoms with Gasteiger partial charge in [0.25, 0.3) is 0 Å². The Labute approximate surface area is 119 Å². The molecule has 0 spiro atoms. The van der Waals surface area contributed by atoms with Crippen molar-refractivity contribution in [2.24, 2.45) is 0 Å². The molecule has 1 unspecified atom stereocenters. The van der Waals surface area contributed by atoms with Crippen LogP contribution in [0.5, 0.6) is 0 Å². The Morgan fingerprint density at radius 1 is 1.26 bits per heavy atom. The van der Waals surface area contributed by atoms with Gasteiger partial charge in [0.05, 0.1) is 6.10 Å². The van der Waals surface area contributed by atoms with Crippen LogP contribution in [0, 0.1) is 0 Å². The SMILES string of the molecule is CC1CCCO1.CCCCCCl.O=C(O)CC(=O)O. The lowest BCUT2D eigenvalue weighted by molar-refractivity contribution is -0.147. The van der Waals surface area contributed by atoms with Crippen LogP contribution in [0.1, 0.15) is 52.4 Å². The van der Waals surface area contributed by atoms with E-state index in [0.717, 1.165) is 12.5 Å². The summed E-state index contributed by atoms with van der Waals surface area (Å²) in [7, 11) is 0. The van der Waals surface area contributed by atoms with Crippen molar-refractivity contribution in [3.05, 3.63) is 0 Å². The van der Waals surface area contributed by atoms with Crippen molar-refractivity contribution in [3.8, 4) is 0 Å². The molecule has 0 saturated carbocycles. The molecule has 6 heteroatoms. The van der Waals surface area contributed by atoms with E-state index in [1.54, 1.807) is 0 Å². The van der Waals surface area contributed by atoms with E-state index in [1.807, 2.05) is 0 Å². The second-order valence-electron chi connectivity index (χ2n) is 4.18. The lowest BCUT2D eigenvalue weighted by atomic mass is 10.3. The number of carbonyl (C=O) groups is 2. The van der Waals surface area contributed by atoms with Crippen molar-refractivity contribution in [1.29, 1.82) is 0 Å². The van der Waals surface area contributed by atoms with Gasteiger partial charge in [0.2, 0.25) is 0 Å². The highest BCUT2D eigenvalue weighted by atomic mass is 35.5. The molecule has 5 nitrogen and oxygen atoms in total. The summed E-state index contributed by atoms with van der Waals surface area (Å²) in [5.74, 6) is -1.80. The molecule has 114 valence electrons. The van der Waals surface area contributed by atoms with Crippen LogP contribution in [0.15, 0.2) is 0 Å². The van der Waals surface area contributed by atoms with Crippen molar-refractivity contribution < 1.29 is 24.5 Å². The number of aliphatic carboxylic acids is 2. The predicted octanol–water partition coefficient (Wildman–Crippen LogP) is 3.15. The number of halogens is 1. The molecule has 0 aliphatic carbocycles. The second-order valence-corrected chi connectivity index (χ2v) is 4.56. The Morgan fingerprint density at radius 2 is 1.84 bits per heavy atom. The largest absolute Gasteiger partial charge is 0.481 e. The molecule has 0 bridgehead atoms. The highest BCUT2D eigenvalue weighted by Crippen LogP contribution is 2.09. The van der Waals surface area contributed by atoms with Gasteiger partial charge in [-0.1, -0.05) is 19.8 Å². The minimum absolute atomic E-state index is 0.546. The van der Waals surface area contributed by atoms with Gasteiger partial charge >= 0.3 is 11.9 Å². The maximum absolute atomic E-state index is 9.43. The molecule has 2 N–H and O–H groups in total. The molecule has 1 saturated heterocycles. The molecule has 0 amide bonds. The number of carboxylic acid groups (broad SMARTS) is 2. The monoisotopic (exact) mass is 296 g/mol. The van der Waals surface area contributed by atoms with E-state index in [0.29, 0.717) is 6.10 Å². The van der Waals surface area contributed by atoms with Gasteiger partial charge in [-0.25, -0.2) is 0 Å². The minimum Gasteiger partial charge on any atom is -0.481 e. The zero-order chi connectivity index (χ0) is 15.1. The highest BCUT2D eigenvalue weighted by Gasteiger charge is 2.07. The molecule has 1 atom stereocenters. The van der Waals surface area contributed by atoms with E-state index in [4.69, 9.17) is 26.6 Å². The number of hydrogen-bond acceptors (Lipinski definition) is 3. The van der Waals surface area contributed by atoms with Gasteiger partial charge in [-0.2, -0.15) is 0 Å². The minimum atomic E-state index is -1.31. The summed E-state index contributed by atoms with van der Waals surface area (Å²) >= 11 is 5.38. The van der Waals surface area contributed by atoms with Gasteiger partial charge in [-0.3, -0.25) is 9.59 Å². The summed E-state index contributed by atoms with van der Waals surface area (Å²) in [6.07, 6.45) is 6.00. The van der Waals surface area contributed by atoms with Gasteiger partial charge in [0, 0.05) is 12.5 Å². The lowest BCUT2D eigenvalue weighted by Crippen LogP contribution is -2.03. The maximum Gasteiger partial charge on any atom is 0.314 e. The number of alkyl halides is 1. The standard InChI is InChI=1S/C5H11Cl.C5H10O.C3H4O4/c1-2-3-4-5-6;1-5-3-2-4-6-5;4-2(5)1-3(6)7/h2-5H2,1H3;5H,2-4H2,1H3;1H2,(H,4,5)(H,6,7). The van der Waals surface area contributed by atoms with E-state index in [-0.39, 0.29) is 0 Å². The van der Waals surface area contributed by atoms with Crippen molar-refractivity contribution in [1.82, 2.24) is 0 Å². The van der Waals surface area contributed by atoms with Crippen LogP contribution >= 0.6 is 11.6 Å². The number of hydrogen-bond donors (Lipinski definition) is 2. The van der Waals surface area contributed by atoms with Gasteiger partial charge in [0.1, 0.15) is 6.42 Å². The second kappa shape index (κ2) is 15.2. The molecular formula is C13H25ClO5. The third-order valence-corrected chi connectivity index (χ3v) is 2.46. The Hall–Kier alpha value is -0.810. The Balaban J connectivity index is 0. The average molecular weight is 297 g/mol. The first-order valence-corrected chi connectivity index (χ1v) is 7.08. The van der Waals surface area contributed by atoms with Crippen LogP contribution in [-0.4, -0.2) is 40.7 Å². The first-order chi connectivity index (χ1) is 8.93. The smallest absolute Gasteiger partial charge is 0.314 e. The lowest BCUT2D eigenvalue weighted by Gasteiger charge is -1.94. The molecule has 0 aromatic rings. The first kappa shape index (κ1) is 20.5. The Morgan fingerprint density at radius 3 is 1.95 bits per heavy atom. The Bertz CT molecular complexity index is 211. The van der Waals surface area contributed by atoms with Crippen LogP contribution in [0.3, 0.4) is 0 Å². The zero-order valence-corrected chi connectivity index (χ0v) is 12.5. The van der Waals surface area contributed by atoms with E-state index >= 15 is 0 Å². The van der Waals surface area contributed by atoms with E-state index in [1.165, 1.54) is 32.1 Å². The van der Waals surface area contributed by atoms with Crippen LogP contribution in [0.25, 0.3) is 0 Å². The molecular weight excluding hydrogens is 272 g/mol. The molecule has 0 radical (unpaired) electrons. The molecule has 1 rings (SSSR count). The normalized spacial score (nSPS) is 16.7.